The van der Waals surface area contributed by atoms with E-state index >= 15 is 0 Å². The Morgan fingerprint density at radius 1 is 1.00 bits per heavy atom. The van der Waals surface area contributed by atoms with Gasteiger partial charge in [-0.05, 0) is 28.6 Å². The molecule has 1 aliphatic carbocycles. The van der Waals surface area contributed by atoms with Crippen molar-refractivity contribution in [2.45, 2.75) is 61.8 Å². The maximum absolute atomic E-state index is 2.53. The number of hydrogen-bond donors (Lipinski definition) is 0. The molecule has 0 spiro atoms. The predicted octanol–water partition coefficient (Wildman–Crippen LogP) is 5.05. The van der Waals surface area contributed by atoms with Crippen molar-refractivity contribution in [3.63, 3.8) is 0 Å². The number of rotatable bonds is 1. The summed E-state index contributed by atoms with van der Waals surface area (Å²) in [4.78, 5) is 0. The maximum atomic E-state index is 2.53. The largest absolute Gasteiger partial charge is 0.0788 e. The summed E-state index contributed by atoms with van der Waals surface area (Å²) in [5, 5.41) is 0. The SMILES string of the molecule is CC(C)C1=CC(C)(C)C(C)(C)C(C)(C)C1. The van der Waals surface area contributed by atoms with E-state index in [0.29, 0.717) is 22.2 Å². The summed E-state index contributed by atoms with van der Waals surface area (Å²) in [6.07, 6.45) is 3.78. The topological polar surface area (TPSA) is 0 Å². The van der Waals surface area contributed by atoms with Gasteiger partial charge in [-0.25, -0.2) is 0 Å². The molecule has 1 aliphatic rings. The van der Waals surface area contributed by atoms with Crippen molar-refractivity contribution in [2.24, 2.45) is 22.2 Å². The molecule has 0 aromatic rings. The summed E-state index contributed by atoms with van der Waals surface area (Å²) < 4.78 is 0. The first-order valence-electron chi connectivity index (χ1n) is 6.23. The van der Waals surface area contributed by atoms with Crippen LogP contribution in [0.5, 0.6) is 0 Å². The Labute approximate surface area is 96.2 Å². The summed E-state index contributed by atoms with van der Waals surface area (Å²) >= 11 is 0. The van der Waals surface area contributed by atoms with Crippen LogP contribution in [0.25, 0.3) is 0 Å². The average molecular weight is 208 g/mol. The summed E-state index contributed by atoms with van der Waals surface area (Å²) in [5.74, 6) is 0.694. The smallest absolute Gasteiger partial charge is 0.0116 e. The summed E-state index contributed by atoms with van der Waals surface area (Å²) in [6.45, 7) is 19.1. The van der Waals surface area contributed by atoms with E-state index in [-0.39, 0.29) is 0 Å². The second-order valence-electron chi connectivity index (χ2n) is 7.28. The van der Waals surface area contributed by atoms with Gasteiger partial charge in [0.25, 0.3) is 0 Å². The predicted molar refractivity (Wildman–Crippen MR) is 68.9 cm³/mol. The Morgan fingerprint density at radius 3 is 1.80 bits per heavy atom. The highest BCUT2D eigenvalue weighted by Gasteiger charge is 2.49. The highest BCUT2D eigenvalue weighted by atomic mass is 14.5. The lowest BCUT2D eigenvalue weighted by Gasteiger charge is -2.55. The molecule has 0 atom stereocenters. The highest BCUT2D eigenvalue weighted by molar-refractivity contribution is 5.22. The molecular formula is C15H28. The highest BCUT2D eigenvalue weighted by Crippen LogP contribution is 2.58. The fourth-order valence-corrected chi connectivity index (χ4v) is 2.67. The Morgan fingerprint density at radius 2 is 1.47 bits per heavy atom. The van der Waals surface area contributed by atoms with Gasteiger partial charge in [-0.1, -0.05) is 67.0 Å². The lowest BCUT2D eigenvalue weighted by molar-refractivity contribution is -0.00394. The first-order valence-corrected chi connectivity index (χ1v) is 6.23. The van der Waals surface area contributed by atoms with Gasteiger partial charge in [0, 0.05) is 0 Å². The fraction of sp³-hybridized carbons (Fsp3) is 0.867. The van der Waals surface area contributed by atoms with E-state index in [2.05, 4.69) is 61.5 Å². The van der Waals surface area contributed by atoms with Gasteiger partial charge in [0.05, 0.1) is 0 Å². The molecule has 0 aliphatic heterocycles. The van der Waals surface area contributed by atoms with Gasteiger partial charge >= 0.3 is 0 Å². The Kier molecular flexibility index (Phi) is 2.87. The molecule has 0 N–H and O–H groups in total. The van der Waals surface area contributed by atoms with Crippen LogP contribution in [-0.4, -0.2) is 0 Å². The molecule has 0 saturated carbocycles. The van der Waals surface area contributed by atoms with Crippen molar-refractivity contribution in [2.75, 3.05) is 0 Å². The number of hydrogen-bond acceptors (Lipinski definition) is 0. The third-order valence-corrected chi connectivity index (χ3v) is 5.24. The van der Waals surface area contributed by atoms with E-state index in [9.17, 15) is 0 Å². The second-order valence-corrected chi connectivity index (χ2v) is 7.28. The van der Waals surface area contributed by atoms with E-state index in [1.54, 1.807) is 5.57 Å². The first kappa shape index (κ1) is 12.8. The minimum Gasteiger partial charge on any atom is -0.0788 e. The van der Waals surface area contributed by atoms with Crippen LogP contribution in [0.3, 0.4) is 0 Å². The zero-order valence-corrected chi connectivity index (χ0v) is 11.9. The van der Waals surface area contributed by atoms with Crippen LogP contribution >= 0.6 is 0 Å². The minimum atomic E-state index is 0.300. The molecule has 0 amide bonds. The van der Waals surface area contributed by atoms with Crippen molar-refractivity contribution >= 4 is 0 Å². The monoisotopic (exact) mass is 208 g/mol. The summed E-state index contributed by atoms with van der Waals surface area (Å²) in [5.41, 5.74) is 2.70. The third kappa shape index (κ3) is 1.88. The molecule has 15 heavy (non-hydrogen) atoms. The van der Waals surface area contributed by atoms with Crippen LogP contribution in [0.4, 0.5) is 0 Å². The third-order valence-electron chi connectivity index (χ3n) is 5.24. The van der Waals surface area contributed by atoms with Crippen molar-refractivity contribution < 1.29 is 0 Å². The quantitative estimate of drug-likeness (QED) is 0.529. The van der Waals surface area contributed by atoms with E-state index in [4.69, 9.17) is 0 Å². The van der Waals surface area contributed by atoms with E-state index < -0.39 is 0 Å². The molecule has 0 radical (unpaired) electrons. The molecule has 1 rings (SSSR count). The first-order chi connectivity index (χ1) is 6.51. The van der Waals surface area contributed by atoms with Crippen LogP contribution in [0, 0.1) is 22.2 Å². The molecule has 0 fully saturated rings. The van der Waals surface area contributed by atoms with Gasteiger partial charge in [0.1, 0.15) is 0 Å². The molecule has 0 unspecified atom stereocenters. The van der Waals surface area contributed by atoms with E-state index in [1.807, 2.05) is 0 Å². The Bertz CT molecular complexity index is 274. The van der Waals surface area contributed by atoms with E-state index in [1.165, 1.54) is 6.42 Å². The summed E-state index contributed by atoms with van der Waals surface area (Å²) in [6, 6.07) is 0. The number of allylic oxidation sites excluding steroid dienone is 2. The molecule has 0 aromatic heterocycles. The Hall–Kier alpha value is -0.260. The maximum Gasteiger partial charge on any atom is -0.0116 e. The lowest BCUT2D eigenvalue weighted by atomic mass is 9.49. The van der Waals surface area contributed by atoms with Crippen molar-refractivity contribution in [3.05, 3.63) is 11.6 Å². The van der Waals surface area contributed by atoms with Gasteiger partial charge in [-0.2, -0.15) is 0 Å². The van der Waals surface area contributed by atoms with E-state index in [0.717, 1.165) is 0 Å². The molecule has 0 aromatic carbocycles. The van der Waals surface area contributed by atoms with Crippen molar-refractivity contribution in [3.8, 4) is 0 Å². The molecule has 0 nitrogen and oxygen atoms in total. The zero-order valence-electron chi connectivity index (χ0n) is 11.9. The van der Waals surface area contributed by atoms with Crippen molar-refractivity contribution in [1.82, 2.24) is 0 Å². The van der Waals surface area contributed by atoms with Gasteiger partial charge in [0.15, 0.2) is 0 Å². The molecule has 0 saturated heterocycles. The van der Waals surface area contributed by atoms with Gasteiger partial charge in [0.2, 0.25) is 0 Å². The Balaban J connectivity index is 3.22. The minimum absolute atomic E-state index is 0.300. The summed E-state index contributed by atoms with van der Waals surface area (Å²) in [7, 11) is 0. The molecule has 88 valence electrons. The zero-order chi connectivity index (χ0) is 12.1. The van der Waals surface area contributed by atoms with Crippen LogP contribution in [0.1, 0.15) is 61.8 Å². The molecule has 0 bridgehead atoms. The van der Waals surface area contributed by atoms with Crippen LogP contribution in [0.2, 0.25) is 0 Å². The molecule has 0 heterocycles. The van der Waals surface area contributed by atoms with Crippen molar-refractivity contribution in [1.29, 1.82) is 0 Å². The molecule has 0 heteroatoms. The van der Waals surface area contributed by atoms with Gasteiger partial charge in [-0.3, -0.25) is 0 Å². The average Bonchev–Trinajstić information content (AvgIpc) is 1.99. The van der Waals surface area contributed by atoms with Gasteiger partial charge in [-0.15, -0.1) is 0 Å². The van der Waals surface area contributed by atoms with Crippen LogP contribution < -0.4 is 0 Å². The standard InChI is InChI=1S/C15H28/c1-11(2)12-9-13(3,4)15(7,8)14(5,6)10-12/h9,11H,10H2,1-8H3. The fourth-order valence-electron chi connectivity index (χ4n) is 2.67. The second kappa shape index (κ2) is 3.37. The normalized spacial score (nSPS) is 27.7. The van der Waals surface area contributed by atoms with Crippen LogP contribution in [-0.2, 0) is 0 Å². The van der Waals surface area contributed by atoms with Crippen LogP contribution in [0.15, 0.2) is 11.6 Å². The van der Waals surface area contributed by atoms with Gasteiger partial charge < -0.3 is 0 Å². The molecular weight excluding hydrogens is 180 g/mol. The lowest BCUT2D eigenvalue weighted by Crippen LogP contribution is -2.47.